The Morgan fingerprint density at radius 1 is 1.29 bits per heavy atom. The Hall–Kier alpha value is -1.75. The fourth-order valence-electron chi connectivity index (χ4n) is 2.88. The van der Waals surface area contributed by atoms with Gasteiger partial charge < -0.3 is 20.1 Å². The number of methoxy groups -OCH3 is 2. The van der Waals surface area contributed by atoms with E-state index in [1.165, 1.54) is 0 Å². The van der Waals surface area contributed by atoms with Crippen molar-refractivity contribution in [3.8, 4) is 11.5 Å². The lowest BCUT2D eigenvalue weighted by molar-refractivity contribution is -0.132. The highest BCUT2D eigenvalue weighted by molar-refractivity contribution is 5.79. The standard InChI is InChI=1S/C16H24N2O3/c1-11-6-13(17)10-18(9-11)16(19)8-12-4-5-14(20-2)15(7-12)21-3/h4-5,7,11,13H,6,8-10,17H2,1-3H3. The first-order valence-electron chi connectivity index (χ1n) is 7.27. The molecule has 0 saturated carbocycles. The summed E-state index contributed by atoms with van der Waals surface area (Å²) >= 11 is 0. The van der Waals surface area contributed by atoms with Crippen LogP contribution >= 0.6 is 0 Å². The van der Waals surface area contributed by atoms with Gasteiger partial charge in [-0.05, 0) is 30.0 Å². The Morgan fingerprint density at radius 3 is 2.62 bits per heavy atom. The van der Waals surface area contributed by atoms with Gasteiger partial charge in [-0.3, -0.25) is 4.79 Å². The van der Waals surface area contributed by atoms with E-state index in [4.69, 9.17) is 15.2 Å². The molecule has 5 heteroatoms. The number of hydrogen-bond acceptors (Lipinski definition) is 4. The summed E-state index contributed by atoms with van der Waals surface area (Å²) in [5.74, 6) is 1.89. The molecule has 2 rings (SSSR count). The predicted molar refractivity (Wildman–Crippen MR) is 81.6 cm³/mol. The summed E-state index contributed by atoms with van der Waals surface area (Å²) in [5.41, 5.74) is 6.92. The molecule has 1 aromatic rings. The first-order valence-corrected chi connectivity index (χ1v) is 7.27. The van der Waals surface area contributed by atoms with Crippen molar-refractivity contribution >= 4 is 5.91 Å². The normalized spacial score (nSPS) is 22.0. The molecular formula is C16H24N2O3. The van der Waals surface area contributed by atoms with Crippen LogP contribution < -0.4 is 15.2 Å². The maximum atomic E-state index is 12.4. The van der Waals surface area contributed by atoms with Gasteiger partial charge in [0.1, 0.15) is 0 Å². The molecule has 0 bridgehead atoms. The maximum Gasteiger partial charge on any atom is 0.227 e. The molecule has 1 aliphatic heterocycles. The van der Waals surface area contributed by atoms with Gasteiger partial charge in [0.05, 0.1) is 20.6 Å². The van der Waals surface area contributed by atoms with Crippen LogP contribution in [-0.2, 0) is 11.2 Å². The quantitative estimate of drug-likeness (QED) is 0.912. The number of likely N-dealkylation sites (tertiary alicyclic amines) is 1. The van der Waals surface area contributed by atoms with Crippen molar-refractivity contribution < 1.29 is 14.3 Å². The second-order valence-electron chi connectivity index (χ2n) is 5.77. The fraction of sp³-hybridized carbons (Fsp3) is 0.562. The van der Waals surface area contributed by atoms with Crippen molar-refractivity contribution in [1.82, 2.24) is 4.90 Å². The summed E-state index contributed by atoms with van der Waals surface area (Å²) in [6.45, 7) is 3.58. The van der Waals surface area contributed by atoms with E-state index in [1.807, 2.05) is 23.1 Å². The van der Waals surface area contributed by atoms with Crippen LogP contribution in [0, 0.1) is 5.92 Å². The lowest BCUT2D eigenvalue weighted by Gasteiger charge is -2.35. The van der Waals surface area contributed by atoms with Crippen LogP contribution in [-0.4, -0.2) is 44.2 Å². The van der Waals surface area contributed by atoms with E-state index in [0.29, 0.717) is 30.4 Å². The average molecular weight is 292 g/mol. The van der Waals surface area contributed by atoms with Gasteiger partial charge in [-0.1, -0.05) is 13.0 Å². The van der Waals surface area contributed by atoms with Crippen LogP contribution in [0.25, 0.3) is 0 Å². The first-order chi connectivity index (χ1) is 10.0. The summed E-state index contributed by atoms with van der Waals surface area (Å²) in [4.78, 5) is 14.3. The number of nitrogens with zero attached hydrogens (tertiary/aromatic N) is 1. The molecule has 5 nitrogen and oxygen atoms in total. The molecule has 1 heterocycles. The third-order valence-corrected chi connectivity index (χ3v) is 3.85. The Kier molecular flexibility index (Phi) is 5.07. The maximum absolute atomic E-state index is 12.4. The smallest absolute Gasteiger partial charge is 0.227 e. The number of benzene rings is 1. The highest BCUT2D eigenvalue weighted by atomic mass is 16.5. The number of carbonyl (C=O) groups excluding carboxylic acids is 1. The number of amides is 1. The first kappa shape index (κ1) is 15.6. The summed E-state index contributed by atoms with van der Waals surface area (Å²) in [7, 11) is 3.19. The summed E-state index contributed by atoms with van der Waals surface area (Å²) < 4.78 is 10.5. The van der Waals surface area contributed by atoms with E-state index >= 15 is 0 Å². The Morgan fingerprint density at radius 2 is 2.00 bits per heavy atom. The molecule has 0 spiro atoms. The molecule has 116 valence electrons. The van der Waals surface area contributed by atoms with E-state index < -0.39 is 0 Å². The van der Waals surface area contributed by atoms with Crippen LogP contribution in [0.3, 0.4) is 0 Å². The van der Waals surface area contributed by atoms with Gasteiger partial charge in [0, 0.05) is 19.1 Å². The number of rotatable bonds is 4. The van der Waals surface area contributed by atoms with E-state index in [1.54, 1.807) is 14.2 Å². The fourth-order valence-corrected chi connectivity index (χ4v) is 2.88. The third kappa shape index (κ3) is 3.88. The van der Waals surface area contributed by atoms with Crippen LogP contribution in [0.15, 0.2) is 18.2 Å². The monoisotopic (exact) mass is 292 g/mol. The van der Waals surface area contributed by atoms with Gasteiger partial charge in [-0.25, -0.2) is 0 Å². The van der Waals surface area contributed by atoms with Gasteiger partial charge in [-0.15, -0.1) is 0 Å². The van der Waals surface area contributed by atoms with Crippen molar-refractivity contribution in [3.63, 3.8) is 0 Å². The zero-order valence-electron chi connectivity index (χ0n) is 13.0. The van der Waals surface area contributed by atoms with Crippen LogP contribution in [0.4, 0.5) is 0 Å². The second kappa shape index (κ2) is 6.80. The van der Waals surface area contributed by atoms with Crippen LogP contribution in [0.2, 0.25) is 0 Å². The molecule has 1 fully saturated rings. The zero-order chi connectivity index (χ0) is 15.4. The minimum absolute atomic E-state index is 0.0862. The number of nitrogens with two attached hydrogens (primary N) is 1. The van der Waals surface area contributed by atoms with E-state index in [2.05, 4.69) is 6.92 Å². The second-order valence-corrected chi connectivity index (χ2v) is 5.77. The minimum atomic E-state index is 0.0862. The Bertz CT molecular complexity index is 494. The number of ether oxygens (including phenoxy) is 2. The van der Waals surface area contributed by atoms with Gasteiger partial charge >= 0.3 is 0 Å². The van der Waals surface area contributed by atoms with Gasteiger partial charge in [0.15, 0.2) is 11.5 Å². The number of carbonyl (C=O) groups is 1. The topological polar surface area (TPSA) is 64.8 Å². The highest BCUT2D eigenvalue weighted by Gasteiger charge is 2.25. The van der Waals surface area contributed by atoms with Crippen LogP contribution in [0.1, 0.15) is 18.9 Å². The number of hydrogen-bond donors (Lipinski definition) is 1. The van der Waals surface area contributed by atoms with E-state index in [9.17, 15) is 4.79 Å². The van der Waals surface area contributed by atoms with Gasteiger partial charge in [0.2, 0.25) is 5.91 Å². The lowest BCUT2D eigenvalue weighted by atomic mass is 9.96. The average Bonchev–Trinajstić information content (AvgIpc) is 2.46. The van der Waals surface area contributed by atoms with E-state index in [-0.39, 0.29) is 11.9 Å². The third-order valence-electron chi connectivity index (χ3n) is 3.85. The van der Waals surface area contributed by atoms with Gasteiger partial charge in [-0.2, -0.15) is 0 Å². The molecule has 1 amide bonds. The Labute approximate surface area is 126 Å². The predicted octanol–water partition coefficient (Wildman–Crippen LogP) is 1.44. The molecule has 21 heavy (non-hydrogen) atoms. The SMILES string of the molecule is COc1ccc(CC(=O)N2CC(C)CC(N)C2)cc1OC. The molecule has 0 aliphatic carbocycles. The summed E-state index contributed by atoms with van der Waals surface area (Å²) in [5, 5.41) is 0. The molecule has 2 N–H and O–H groups in total. The summed E-state index contributed by atoms with van der Waals surface area (Å²) in [6.07, 6.45) is 1.35. The van der Waals surface area contributed by atoms with Crippen molar-refractivity contribution in [2.75, 3.05) is 27.3 Å². The molecule has 0 radical (unpaired) electrons. The molecule has 2 unspecified atom stereocenters. The lowest BCUT2D eigenvalue weighted by Crippen LogP contribution is -2.49. The molecule has 2 atom stereocenters. The molecule has 1 aliphatic rings. The molecule has 0 aromatic heterocycles. The van der Waals surface area contributed by atoms with Crippen molar-refractivity contribution in [2.24, 2.45) is 11.7 Å². The largest absolute Gasteiger partial charge is 0.493 e. The van der Waals surface area contributed by atoms with Crippen molar-refractivity contribution in [3.05, 3.63) is 23.8 Å². The Balaban J connectivity index is 2.05. The molecule has 1 aromatic carbocycles. The zero-order valence-corrected chi connectivity index (χ0v) is 13.0. The number of piperidine rings is 1. The van der Waals surface area contributed by atoms with Gasteiger partial charge in [0.25, 0.3) is 0 Å². The highest BCUT2D eigenvalue weighted by Crippen LogP contribution is 2.28. The molecule has 1 saturated heterocycles. The van der Waals surface area contributed by atoms with E-state index in [0.717, 1.165) is 18.5 Å². The van der Waals surface area contributed by atoms with Crippen molar-refractivity contribution in [1.29, 1.82) is 0 Å². The van der Waals surface area contributed by atoms with Crippen molar-refractivity contribution in [2.45, 2.75) is 25.8 Å². The summed E-state index contributed by atoms with van der Waals surface area (Å²) in [6, 6.07) is 5.66. The minimum Gasteiger partial charge on any atom is -0.493 e. The molecular weight excluding hydrogens is 268 g/mol. The van der Waals surface area contributed by atoms with Crippen LogP contribution in [0.5, 0.6) is 11.5 Å².